The van der Waals surface area contributed by atoms with E-state index in [1.165, 1.54) is 11.3 Å². The van der Waals surface area contributed by atoms with Gasteiger partial charge in [0, 0.05) is 41.3 Å². The van der Waals surface area contributed by atoms with Gasteiger partial charge in [0.15, 0.2) is 4.96 Å². The van der Waals surface area contributed by atoms with Crippen molar-refractivity contribution in [2.45, 2.75) is 39.9 Å². The van der Waals surface area contributed by atoms with Crippen LogP contribution in [0.4, 0.5) is 0 Å². The van der Waals surface area contributed by atoms with Crippen LogP contribution in [0.15, 0.2) is 40.5 Å². The van der Waals surface area contributed by atoms with Crippen LogP contribution in [0.1, 0.15) is 30.8 Å². The molecule has 4 nitrogen and oxygen atoms in total. The Labute approximate surface area is 150 Å². The average molecular weight is 362 g/mol. The molecule has 0 unspecified atom stereocenters. The predicted molar refractivity (Wildman–Crippen MR) is 99.9 cm³/mol. The SMILES string of the molecule is Cc1csc2nc(CN(Cc3cccc(Cl)c3)C(C)C)cc(=O)n12. The molecule has 0 fully saturated rings. The number of halogens is 1. The van der Waals surface area contributed by atoms with Crippen LogP contribution in [0.2, 0.25) is 5.02 Å². The van der Waals surface area contributed by atoms with Gasteiger partial charge in [-0.25, -0.2) is 4.98 Å². The van der Waals surface area contributed by atoms with Crippen molar-refractivity contribution in [3.8, 4) is 0 Å². The van der Waals surface area contributed by atoms with Crippen molar-refractivity contribution in [2.24, 2.45) is 0 Å². The highest BCUT2D eigenvalue weighted by Crippen LogP contribution is 2.17. The fraction of sp³-hybridized carbons (Fsp3) is 0.333. The maximum atomic E-state index is 12.3. The number of benzene rings is 1. The van der Waals surface area contributed by atoms with Crippen molar-refractivity contribution in [3.05, 3.63) is 68.0 Å². The number of hydrogen-bond donors (Lipinski definition) is 0. The second-order valence-electron chi connectivity index (χ2n) is 6.21. The van der Waals surface area contributed by atoms with E-state index in [4.69, 9.17) is 11.6 Å². The van der Waals surface area contributed by atoms with Crippen LogP contribution in [0.5, 0.6) is 0 Å². The Morgan fingerprint density at radius 3 is 2.79 bits per heavy atom. The topological polar surface area (TPSA) is 37.6 Å². The largest absolute Gasteiger partial charge is 0.291 e. The van der Waals surface area contributed by atoms with Crippen LogP contribution in [0, 0.1) is 6.92 Å². The summed E-state index contributed by atoms with van der Waals surface area (Å²) in [6, 6.07) is 9.84. The molecule has 126 valence electrons. The minimum absolute atomic E-state index is 0.0137. The van der Waals surface area contributed by atoms with Gasteiger partial charge in [-0.3, -0.25) is 14.1 Å². The van der Waals surface area contributed by atoms with Gasteiger partial charge in [-0.15, -0.1) is 11.3 Å². The van der Waals surface area contributed by atoms with Crippen LogP contribution in [0.25, 0.3) is 4.96 Å². The Kier molecular flexibility index (Phi) is 5.04. The maximum Gasteiger partial charge on any atom is 0.259 e. The molecule has 0 atom stereocenters. The van der Waals surface area contributed by atoms with E-state index in [9.17, 15) is 4.79 Å². The van der Waals surface area contributed by atoms with E-state index in [-0.39, 0.29) is 5.56 Å². The summed E-state index contributed by atoms with van der Waals surface area (Å²) in [5, 5.41) is 2.70. The second kappa shape index (κ2) is 7.05. The molecule has 3 rings (SSSR count). The smallest absolute Gasteiger partial charge is 0.259 e. The zero-order valence-electron chi connectivity index (χ0n) is 14.0. The fourth-order valence-electron chi connectivity index (χ4n) is 2.68. The predicted octanol–water partition coefficient (Wildman–Crippen LogP) is 4.13. The molecule has 6 heteroatoms. The molecule has 0 aliphatic heterocycles. The Balaban J connectivity index is 1.87. The molecule has 0 aliphatic carbocycles. The van der Waals surface area contributed by atoms with E-state index in [1.807, 2.05) is 30.5 Å². The first-order valence-electron chi connectivity index (χ1n) is 7.89. The summed E-state index contributed by atoms with van der Waals surface area (Å²) in [7, 11) is 0. The zero-order chi connectivity index (χ0) is 17.3. The van der Waals surface area contributed by atoms with Crippen LogP contribution in [0.3, 0.4) is 0 Å². The molecule has 0 aliphatic rings. The normalized spacial score (nSPS) is 11.8. The van der Waals surface area contributed by atoms with Gasteiger partial charge >= 0.3 is 0 Å². The Hall–Kier alpha value is -1.69. The van der Waals surface area contributed by atoms with Crippen LogP contribution in [-0.4, -0.2) is 20.3 Å². The standard InChI is InChI=1S/C18H20ClN3OS/c1-12(2)21(9-14-5-4-6-15(19)7-14)10-16-8-17(23)22-13(3)11-24-18(22)20-16/h4-8,11-12H,9-10H2,1-3H3. The molecule has 0 N–H and O–H groups in total. The van der Waals surface area contributed by atoms with Gasteiger partial charge in [0.25, 0.3) is 5.56 Å². The third kappa shape index (κ3) is 3.69. The van der Waals surface area contributed by atoms with Crippen molar-refractivity contribution in [1.82, 2.24) is 14.3 Å². The molecular weight excluding hydrogens is 342 g/mol. The molecule has 0 spiro atoms. The van der Waals surface area contributed by atoms with E-state index in [2.05, 4.69) is 29.8 Å². The molecule has 2 aromatic heterocycles. The molecule has 0 saturated heterocycles. The summed E-state index contributed by atoms with van der Waals surface area (Å²) in [4.78, 5) is 20.0. The highest BCUT2D eigenvalue weighted by Gasteiger charge is 2.14. The molecule has 0 saturated carbocycles. The second-order valence-corrected chi connectivity index (χ2v) is 7.48. The third-order valence-corrected chi connectivity index (χ3v) is 5.18. The minimum atomic E-state index is -0.0137. The van der Waals surface area contributed by atoms with Crippen LogP contribution < -0.4 is 5.56 Å². The maximum absolute atomic E-state index is 12.3. The lowest BCUT2D eigenvalue weighted by Gasteiger charge is -2.26. The number of hydrogen-bond acceptors (Lipinski definition) is 4. The third-order valence-electron chi connectivity index (χ3n) is 4.00. The quantitative estimate of drug-likeness (QED) is 0.685. The van der Waals surface area contributed by atoms with Crippen LogP contribution in [-0.2, 0) is 13.1 Å². The highest BCUT2D eigenvalue weighted by atomic mass is 35.5. The van der Waals surface area contributed by atoms with Crippen molar-refractivity contribution >= 4 is 27.9 Å². The zero-order valence-corrected chi connectivity index (χ0v) is 15.6. The molecule has 0 bridgehead atoms. The number of nitrogens with zero attached hydrogens (tertiary/aromatic N) is 3. The van der Waals surface area contributed by atoms with Gasteiger partial charge in [-0.2, -0.15) is 0 Å². The fourth-order valence-corrected chi connectivity index (χ4v) is 3.78. The summed E-state index contributed by atoms with van der Waals surface area (Å²) < 4.78 is 1.66. The lowest BCUT2D eigenvalue weighted by molar-refractivity contribution is 0.201. The first kappa shape index (κ1) is 17.1. The van der Waals surface area contributed by atoms with E-state index in [0.29, 0.717) is 12.6 Å². The lowest BCUT2D eigenvalue weighted by Crippen LogP contribution is -2.31. The Bertz CT molecular complexity index is 916. The number of rotatable bonds is 5. The van der Waals surface area contributed by atoms with Gasteiger partial charge in [0.1, 0.15) is 0 Å². The molecule has 24 heavy (non-hydrogen) atoms. The van der Waals surface area contributed by atoms with Gasteiger partial charge in [-0.05, 0) is 38.5 Å². The van der Waals surface area contributed by atoms with E-state index < -0.39 is 0 Å². The number of aryl methyl sites for hydroxylation is 1. The summed E-state index contributed by atoms with van der Waals surface area (Å²) in [5.74, 6) is 0. The molecule has 0 amide bonds. The lowest BCUT2D eigenvalue weighted by atomic mass is 10.2. The summed E-state index contributed by atoms with van der Waals surface area (Å²) in [6.45, 7) is 7.61. The van der Waals surface area contributed by atoms with Gasteiger partial charge in [0.2, 0.25) is 0 Å². The molecule has 3 aromatic rings. The Morgan fingerprint density at radius 1 is 1.29 bits per heavy atom. The minimum Gasteiger partial charge on any atom is -0.291 e. The van der Waals surface area contributed by atoms with Crippen LogP contribution >= 0.6 is 22.9 Å². The summed E-state index contributed by atoms with van der Waals surface area (Å²) in [6.07, 6.45) is 0. The van der Waals surface area contributed by atoms with Crippen molar-refractivity contribution < 1.29 is 0 Å². The van der Waals surface area contributed by atoms with E-state index in [1.54, 1.807) is 10.5 Å². The highest BCUT2D eigenvalue weighted by molar-refractivity contribution is 7.15. The van der Waals surface area contributed by atoms with E-state index >= 15 is 0 Å². The molecule has 2 heterocycles. The summed E-state index contributed by atoms with van der Waals surface area (Å²) >= 11 is 7.58. The van der Waals surface area contributed by atoms with Crippen molar-refractivity contribution in [2.75, 3.05) is 0 Å². The van der Waals surface area contributed by atoms with Gasteiger partial charge < -0.3 is 0 Å². The van der Waals surface area contributed by atoms with E-state index in [0.717, 1.165) is 33.5 Å². The van der Waals surface area contributed by atoms with Gasteiger partial charge in [-0.1, -0.05) is 23.7 Å². The average Bonchev–Trinajstić information content (AvgIpc) is 2.88. The Morgan fingerprint density at radius 2 is 2.08 bits per heavy atom. The first-order chi connectivity index (χ1) is 11.4. The number of fused-ring (bicyclic) bond motifs is 1. The van der Waals surface area contributed by atoms with Crippen molar-refractivity contribution in [1.29, 1.82) is 0 Å². The number of aromatic nitrogens is 2. The molecular formula is C18H20ClN3OS. The summed E-state index contributed by atoms with van der Waals surface area (Å²) in [5.41, 5.74) is 2.87. The first-order valence-corrected chi connectivity index (χ1v) is 9.15. The van der Waals surface area contributed by atoms with Crippen molar-refractivity contribution in [3.63, 3.8) is 0 Å². The molecule has 0 radical (unpaired) electrons. The van der Waals surface area contributed by atoms with Gasteiger partial charge in [0.05, 0.1) is 5.69 Å². The molecule has 1 aromatic carbocycles. The number of thiazole rings is 1. The monoisotopic (exact) mass is 361 g/mol.